The zero-order valence-electron chi connectivity index (χ0n) is 13.5. The molecular formula is C16H30N4. The maximum atomic E-state index is 4.30. The van der Waals surface area contributed by atoms with Gasteiger partial charge in [-0.05, 0) is 12.3 Å². The Labute approximate surface area is 123 Å². The summed E-state index contributed by atoms with van der Waals surface area (Å²) in [4.78, 5) is 2.66. The van der Waals surface area contributed by atoms with Crippen molar-refractivity contribution in [2.45, 2.75) is 58.7 Å². The van der Waals surface area contributed by atoms with Crippen LogP contribution >= 0.6 is 0 Å². The molecule has 3 unspecified atom stereocenters. The van der Waals surface area contributed by atoms with Gasteiger partial charge < -0.3 is 5.32 Å². The normalized spacial score (nSPS) is 25.8. The van der Waals surface area contributed by atoms with E-state index < -0.39 is 0 Å². The minimum Gasteiger partial charge on any atom is -0.311 e. The number of aromatic nitrogens is 2. The molecule has 1 aromatic heterocycles. The molecule has 0 amide bonds. The molecule has 2 heterocycles. The fourth-order valence-electron chi connectivity index (χ4n) is 3.15. The summed E-state index contributed by atoms with van der Waals surface area (Å²) >= 11 is 0. The van der Waals surface area contributed by atoms with Crippen molar-refractivity contribution in [2.24, 2.45) is 13.0 Å². The van der Waals surface area contributed by atoms with Crippen molar-refractivity contribution in [3.8, 4) is 0 Å². The summed E-state index contributed by atoms with van der Waals surface area (Å²) in [5.74, 6) is 0.744. The molecule has 0 saturated carbocycles. The fraction of sp³-hybridized carbons (Fsp3) is 0.812. The molecule has 1 aliphatic rings. The third-order valence-corrected chi connectivity index (χ3v) is 4.66. The Morgan fingerprint density at radius 1 is 1.45 bits per heavy atom. The van der Waals surface area contributed by atoms with E-state index in [0.29, 0.717) is 12.1 Å². The van der Waals surface area contributed by atoms with Gasteiger partial charge in [0.1, 0.15) is 0 Å². The number of hydrogen-bond donors (Lipinski definition) is 1. The van der Waals surface area contributed by atoms with Gasteiger partial charge >= 0.3 is 0 Å². The van der Waals surface area contributed by atoms with Crippen LogP contribution in [0, 0.1) is 5.92 Å². The second kappa shape index (κ2) is 7.23. The van der Waals surface area contributed by atoms with Crippen LogP contribution in [0.1, 0.15) is 45.6 Å². The smallest absolute Gasteiger partial charge is 0.0534 e. The number of piperazine rings is 1. The first-order valence-electron chi connectivity index (χ1n) is 8.09. The van der Waals surface area contributed by atoms with Crippen LogP contribution in [-0.2, 0) is 13.6 Å². The van der Waals surface area contributed by atoms with Gasteiger partial charge in [-0.1, -0.05) is 33.6 Å². The van der Waals surface area contributed by atoms with Crippen molar-refractivity contribution in [3.05, 3.63) is 18.0 Å². The Bertz CT molecular complexity index is 401. The summed E-state index contributed by atoms with van der Waals surface area (Å²) in [6, 6.07) is 1.30. The third-order valence-electron chi connectivity index (χ3n) is 4.66. The van der Waals surface area contributed by atoms with Crippen LogP contribution in [0.3, 0.4) is 0 Å². The van der Waals surface area contributed by atoms with Gasteiger partial charge in [0.15, 0.2) is 0 Å². The highest BCUT2D eigenvalue weighted by molar-refractivity contribution is 5.05. The zero-order valence-corrected chi connectivity index (χ0v) is 13.5. The molecule has 0 radical (unpaired) electrons. The standard InChI is InChI=1S/C16H30N4/c1-5-7-15-9-17-16(13(3)6-2)12-20(15)11-14-8-18-19(4)10-14/h8,10,13,15-17H,5-7,9,11-12H2,1-4H3. The first-order chi connectivity index (χ1) is 9.63. The average molecular weight is 278 g/mol. The van der Waals surface area contributed by atoms with Crippen LogP contribution in [0.2, 0.25) is 0 Å². The lowest BCUT2D eigenvalue weighted by atomic mass is 9.94. The largest absolute Gasteiger partial charge is 0.311 e. The maximum absolute atomic E-state index is 4.30. The molecule has 114 valence electrons. The van der Waals surface area contributed by atoms with Crippen molar-refractivity contribution in [1.82, 2.24) is 20.0 Å². The lowest BCUT2D eigenvalue weighted by Crippen LogP contribution is -2.57. The molecule has 1 aromatic rings. The van der Waals surface area contributed by atoms with Gasteiger partial charge in [0.25, 0.3) is 0 Å². The summed E-state index contributed by atoms with van der Waals surface area (Å²) in [6.07, 6.45) is 7.92. The van der Waals surface area contributed by atoms with Gasteiger partial charge in [0.2, 0.25) is 0 Å². The molecule has 1 N–H and O–H groups in total. The molecular weight excluding hydrogens is 248 g/mol. The molecule has 1 saturated heterocycles. The maximum Gasteiger partial charge on any atom is 0.0534 e. The molecule has 0 aliphatic carbocycles. The molecule has 4 nitrogen and oxygen atoms in total. The second-order valence-electron chi connectivity index (χ2n) is 6.29. The predicted octanol–water partition coefficient (Wildman–Crippen LogP) is 2.41. The van der Waals surface area contributed by atoms with Crippen LogP contribution in [0.25, 0.3) is 0 Å². The van der Waals surface area contributed by atoms with Crippen LogP contribution in [0.4, 0.5) is 0 Å². The lowest BCUT2D eigenvalue weighted by Gasteiger charge is -2.42. The summed E-state index contributed by atoms with van der Waals surface area (Å²) in [6.45, 7) is 10.3. The molecule has 1 fully saturated rings. The van der Waals surface area contributed by atoms with Gasteiger partial charge in [0, 0.05) is 50.5 Å². The Morgan fingerprint density at radius 3 is 2.85 bits per heavy atom. The number of rotatable bonds is 6. The van der Waals surface area contributed by atoms with Crippen molar-refractivity contribution < 1.29 is 0 Å². The number of hydrogen-bond acceptors (Lipinski definition) is 3. The van der Waals surface area contributed by atoms with E-state index in [1.165, 1.54) is 24.8 Å². The summed E-state index contributed by atoms with van der Waals surface area (Å²) in [5.41, 5.74) is 1.33. The molecule has 20 heavy (non-hydrogen) atoms. The Kier molecular flexibility index (Phi) is 5.61. The van der Waals surface area contributed by atoms with Crippen LogP contribution in [0.15, 0.2) is 12.4 Å². The van der Waals surface area contributed by atoms with E-state index in [4.69, 9.17) is 0 Å². The predicted molar refractivity (Wildman–Crippen MR) is 83.6 cm³/mol. The minimum absolute atomic E-state index is 0.629. The van der Waals surface area contributed by atoms with E-state index in [1.54, 1.807) is 0 Å². The Hall–Kier alpha value is -0.870. The number of nitrogens with zero attached hydrogens (tertiary/aromatic N) is 3. The molecule has 0 bridgehead atoms. The van der Waals surface area contributed by atoms with Crippen LogP contribution in [-0.4, -0.2) is 39.9 Å². The van der Waals surface area contributed by atoms with Gasteiger partial charge in [-0.3, -0.25) is 9.58 Å². The second-order valence-corrected chi connectivity index (χ2v) is 6.29. The zero-order chi connectivity index (χ0) is 14.5. The summed E-state index contributed by atoms with van der Waals surface area (Å²) in [5, 5.41) is 8.06. The van der Waals surface area contributed by atoms with E-state index in [9.17, 15) is 0 Å². The summed E-state index contributed by atoms with van der Waals surface area (Å²) < 4.78 is 1.90. The SMILES string of the molecule is CCCC1CNC(C(C)CC)CN1Cc1cnn(C)c1. The van der Waals surface area contributed by atoms with Crippen molar-refractivity contribution in [3.63, 3.8) is 0 Å². The molecule has 1 aliphatic heterocycles. The van der Waals surface area contributed by atoms with Crippen molar-refractivity contribution >= 4 is 0 Å². The van der Waals surface area contributed by atoms with Gasteiger partial charge in [0.05, 0.1) is 6.20 Å². The van der Waals surface area contributed by atoms with Gasteiger partial charge in [-0.25, -0.2) is 0 Å². The quantitative estimate of drug-likeness (QED) is 0.867. The Balaban J connectivity index is 2.02. The molecule has 0 spiro atoms. The third kappa shape index (κ3) is 3.83. The molecule has 4 heteroatoms. The van der Waals surface area contributed by atoms with Gasteiger partial charge in [-0.15, -0.1) is 0 Å². The van der Waals surface area contributed by atoms with Crippen molar-refractivity contribution in [2.75, 3.05) is 13.1 Å². The highest BCUT2D eigenvalue weighted by Gasteiger charge is 2.29. The molecule has 3 atom stereocenters. The highest BCUT2D eigenvalue weighted by Crippen LogP contribution is 2.20. The summed E-state index contributed by atoms with van der Waals surface area (Å²) in [7, 11) is 1.99. The Morgan fingerprint density at radius 2 is 2.25 bits per heavy atom. The van der Waals surface area contributed by atoms with E-state index in [-0.39, 0.29) is 0 Å². The van der Waals surface area contributed by atoms with Crippen LogP contribution in [0.5, 0.6) is 0 Å². The number of nitrogens with one attached hydrogen (secondary N) is 1. The minimum atomic E-state index is 0.629. The monoisotopic (exact) mass is 278 g/mol. The first-order valence-corrected chi connectivity index (χ1v) is 8.09. The van der Waals surface area contributed by atoms with E-state index in [1.807, 2.05) is 17.9 Å². The fourth-order valence-corrected chi connectivity index (χ4v) is 3.15. The van der Waals surface area contributed by atoms with E-state index in [2.05, 4.69) is 42.3 Å². The van der Waals surface area contributed by atoms with Gasteiger partial charge in [-0.2, -0.15) is 5.10 Å². The van der Waals surface area contributed by atoms with E-state index in [0.717, 1.165) is 25.6 Å². The lowest BCUT2D eigenvalue weighted by molar-refractivity contribution is 0.0960. The number of aryl methyl sites for hydroxylation is 1. The van der Waals surface area contributed by atoms with Crippen molar-refractivity contribution in [1.29, 1.82) is 0 Å². The molecule has 2 rings (SSSR count). The average Bonchev–Trinajstić information content (AvgIpc) is 2.85. The molecule has 0 aromatic carbocycles. The van der Waals surface area contributed by atoms with E-state index >= 15 is 0 Å². The van der Waals surface area contributed by atoms with Crippen LogP contribution < -0.4 is 5.32 Å². The highest BCUT2D eigenvalue weighted by atomic mass is 15.3. The first kappa shape index (κ1) is 15.5. The topological polar surface area (TPSA) is 33.1 Å².